The molecule has 2 N–H and O–H groups in total. The fourth-order valence-electron chi connectivity index (χ4n) is 2.96. The summed E-state index contributed by atoms with van der Waals surface area (Å²) in [6.45, 7) is 0. The van der Waals surface area contributed by atoms with Crippen molar-refractivity contribution < 1.29 is 13.2 Å². The average Bonchev–Trinajstić information content (AvgIpc) is 2.75. The summed E-state index contributed by atoms with van der Waals surface area (Å²) in [6.07, 6.45) is 0. The second-order valence-corrected chi connectivity index (χ2v) is 8.11. The van der Waals surface area contributed by atoms with Crippen LogP contribution in [0.5, 0.6) is 5.75 Å². The number of hydrogen-bond donors (Lipinski definition) is 2. The molecule has 0 saturated heterocycles. The number of methoxy groups -OCH3 is 1. The molecule has 28 heavy (non-hydrogen) atoms. The van der Waals surface area contributed by atoms with E-state index in [4.69, 9.17) is 16.5 Å². The molecule has 0 heterocycles. The molecule has 7 heteroatoms. The lowest BCUT2D eigenvalue weighted by Crippen LogP contribution is -2.36. The van der Waals surface area contributed by atoms with Gasteiger partial charge in [0, 0.05) is 0 Å². The van der Waals surface area contributed by atoms with Crippen molar-refractivity contribution in [3.8, 4) is 5.75 Å². The van der Waals surface area contributed by atoms with Gasteiger partial charge in [-0.1, -0.05) is 60.7 Å². The third kappa shape index (κ3) is 4.72. The Morgan fingerprint density at radius 2 is 1.29 bits per heavy atom. The van der Waals surface area contributed by atoms with E-state index in [0.29, 0.717) is 5.75 Å². The fourth-order valence-corrected chi connectivity index (χ4v) is 4.45. The molecule has 0 bridgehead atoms. The fraction of sp³-hybridized carbons (Fsp3) is 0.143. The zero-order chi connectivity index (χ0) is 20.0. The minimum atomic E-state index is -3.80. The Morgan fingerprint density at radius 1 is 0.786 bits per heavy atom. The van der Waals surface area contributed by atoms with Crippen LogP contribution in [0.15, 0.2) is 89.8 Å². The SMILES string of the molecule is COc1ccc(S(=O)(=O)N[C@H](c2ccccc2)[C@H](NCl)c2ccccc2)cc1. The van der Waals surface area contributed by atoms with Gasteiger partial charge >= 0.3 is 0 Å². The van der Waals surface area contributed by atoms with Crippen molar-refractivity contribution in [2.24, 2.45) is 0 Å². The van der Waals surface area contributed by atoms with Crippen LogP contribution in [0.25, 0.3) is 0 Å². The molecule has 0 unspecified atom stereocenters. The van der Waals surface area contributed by atoms with Crippen molar-refractivity contribution in [1.29, 1.82) is 0 Å². The number of benzene rings is 3. The molecule has 0 spiro atoms. The molecular formula is C21H21ClN2O3S. The van der Waals surface area contributed by atoms with Crippen LogP contribution in [0, 0.1) is 0 Å². The van der Waals surface area contributed by atoms with E-state index in [1.165, 1.54) is 19.2 Å². The summed E-state index contributed by atoms with van der Waals surface area (Å²) < 4.78 is 34.0. The Labute approximate surface area is 170 Å². The zero-order valence-corrected chi connectivity index (χ0v) is 16.8. The Kier molecular flexibility index (Phi) is 6.70. The summed E-state index contributed by atoms with van der Waals surface area (Å²) in [5.74, 6) is 0.586. The highest BCUT2D eigenvalue weighted by molar-refractivity contribution is 7.89. The molecule has 0 fully saturated rings. The molecular weight excluding hydrogens is 396 g/mol. The normalized spacial score (nSPS) is 13.6. The van der Waals surface area contributed by atoms with E-state index in [-0.39, 0.29) is 4.90 Å². The second kappa shape index (κ2) is 9.21. The van der Waals surface area contributed by atoms with Crippen molar-refractivity contribution in [1.82, 2.24) is 9.56 Å². The molecule has 3 rings (SSSR count). The first-order valence-corrected chi connectivity index (χ1v) is 10.5. The van der Waals surface area contributed by atoms with Gasteiger partial charge in [-0.25, -0.2) is 18.0 Å². The van der Waals surface area contributed by atoms with Crippen LogP contribution >= 0.6 is 11.8 Å². The second-order valence-electron chi connectivity index (χ2n) is 6.18. The Hall–Kier alpha value is -2.38. The van der Waals surface area contributed by atoms with Crippen molar-refractivity contribution >= 4 is 21.8 Å². The third-order valence-corrected chi connectivity index (χ3v) is 6.11. The first kappa shape index (κ1) is 20.4. The third-order valence-electron chi connectivity index (χ3n) is 4.42. The molecule has 3 aromatic carbocycles. The van der Waals surface area contributed by atoms with Gasteiger partial charge in [-0.3, -0.25) is 0 Å². The molecule has 0 aliphatic rings. The van der Waals surface area contributed by atoms with Crippen LogP contribution < -0.4 is 14.3 Å². The minimum absolute atomic E-state index is 0.149. The summed E-state index contributed by atoms with van der Waals surface area (Å²) in [5.41, 5.74) is 1.66. The lowest BCUT2D eigenvalue weighted by Gasteiger charge is -2.27. The monoisotopic (exact) mass is 416 g/mol. The zero-order valence-electron chi connectivity index (χ0n) is 15.2. The number of sulfonamides is 1. The summed E-state index contributed by atoms with van der Waals surface area (Å²) in [4.78, 5) is 2.88. The Morgan fingerprint density at radius 3 is 1.75 bits per heavy atom. The Bertz CT molecular complexity index is 981. The standard InChI is InChI=1S/C21H21ClN2O3S/c1-27-18-12-14-19(15-13-18)28(25,26)24-21(17-10-6-3-7-11-17)20(23-22)16-8-4-2-5-9-16/h2-15,20-21,23-24H,1H3/t20-,21-/m1/s1. The lowest BCUT2D eigenvalue weighted by atomic mass is 9.95. The highest BCUT2D eigenvalue weighted by Gasteiger charge is 2.29. The van der Waals surface area contributed by atoms with Crippen LogP contribution in [-0.4, -0.2) is 15.5 Å². The van der Waals surface area contributed by atoms with Crippen LogP contribution in [0.3, 0.4) is 0 Å². The molecule has 0 aromatic heterocycles. The van der Waals surface area contributed by atoms with E-state index in [1.54, 1.807) is 12.1 Å². The van der Waals surface area contributed by atoms with E-state index in [2.05, 4.69) is 9.56 Å². The van der Waals surface area contributed by atoms with Crippen LogP contribution in [0.1, 0.15) is 23.2 Å². The van der Waals surface area contributed by atoms with Crippen molar-refractivity contribution in [3.63, 3.8) is 0 Å². The van der Waals surface area contributed by atoms with E-state index < -0.39 is 22.1 Å². The van der Waals surface area contributed by atoms with Crippen molar-refractivity contribution in [2.45, 2.75) is 17.0 Å². The highest BCUT2D eigenvalue weighted by Crippen LogP contribution is 2.31. The van der Waals surface area contributed by atoms with Gasteiger partial charge in [0.15, 0.2) is 0 Å². The molecule has 2 atom stereocenters. The van der Waals surface area contributed by atoms with Gasteiger partial charge in [0.2, 0.25) is 10.0 Å². The van der Waals surface area contributed by atoms with Crippen LogP contribution in [0.4, 0.5) is 0 Å². The van der Waals surface area contributed by atoms with E-state index in [1.807, 2.05) is 60.7 Å². The number of rotatable bonds is 8. The quantitative estimate of drug-likeness (QED) is 0.540. The van der Waals surface area contributed by atoms with Gasteiger partial charge in [0.05, 0.1) is 24.1 Å². The maximum Gasteiger partial charge on any atom is 0.241 e. The number of halogens is 1. The van der Waals surface area contributed by atoms with Crippen molar-refractivity contribution in [2.75, 3.05) is 7.11 Å². The Balaban J connectivity index is 1.99. The number of hydrogen-bond acceptors (Lipinski definition) is 4. The number of nitrogens with one attached hydrogen (secondary N) is 2. The first-order valence-electron chi connectivity index (χ1n) is 8.67. The molecule has 146 valence electrons. The first-order chi connectivity index (χ1) is 13.5. The molecule has 0 radical (unpaired) electrons. The summed E-state index contributed by atoms with van der Waals surface area (Å²) >= 11 is 6.06. The van der Waals surface area contributed by atoms with Crippen LogP contribution in [0.2, 0.25) is 0 Å². The van der Waals surface area contributed by atoms with Crippen molar-refractivity contribution in [3.05, 3.63) is 96.1 Å². The maximum atomic E-state index is 13.0. The minimum Gasteiger partial charge on any atom is -0.497 e. The smallest absolute Gasteiger partial charge is 0.241 e. The molecule has 0 saturated carbocycles. The lowest BCUT2D eigenvalue weighted by molar-refractivity contribution is 0.414. The number of ether oxygens (including phenoxy) is 1. The predicted molar refractivity (Wildman–Crippen MR) is 111 cm³/mol. The molecule has 5 nitrogen and oxygen atoms in total. The average molecular weight is 417 g/mol. The maximum absolute atomic E-state index is 13.0. The summed E-state index contributed by atoms with van der Waals surface area (Å²) in [7, 11) is -2.27. The predicted octanol–water partition coefficient (Wildman–Crippen LogP) is 4.20. The van der Waals surface area contributed by atoms with Gasteiger partial charge in [-0.15, -0.1) is 0 Å². The molecule has 0 aliphatic carbocycles. The molecule has 3 aromatic rings. The van der Waals surface area contributed by atoms with Gasteiger partial charge in [-0.2, -0.15) is 0 Å². The van der Waals surface area contributed by atoms with E-state index in [9.17, 15) is 8.42 Å². The van der Waals surface area contributed by atoms with Gasteiger partial charge in [0.25, 0.3) is 0 Å². The van der Waals surface area contributed by atoms with E-state index >= 15 is 0 Å². The van der Waals surface area contributed by atoms with E-state index in [0.717, 1.165) is 11.1 Å². The highest BCUT2D eigenvalue weighted by atomic mass is 35.5. The van der Waals surface area contributed by atoms with Gasteiger partial charge < -0.3 is 4.74 Å². The topological polar surface area (TPSA) is 67.4 Å². The summed E-state index contributed by atoms with van der Waals surface area (Å²) in [5, 5.41) is 0. The van der Waals surface area contributed by atoms with Gasteiger partial charge in [0.1, 0.15) is 5.75 Å². The van der Waals surface area contributed by atoms with Crippen LogP contribution in [-0.2, 0) is 10.0 Å². The molecule has 0 amide bonds. The van der Waals surface area contributed by atoms with Gasteiger partial charge in [-0.05, 0) is 47.2 Å². The molecule has 0 aliphatic heterocycles. The largest absolute Gasteiger partial charge is 0.497 e. The summed E-state index contributed by atoms with van der Waals surface area (Å²) in [6, 6.07) is 24.0.